The van der Waals surface area contributed by atoms with Gasteiger partial charge in [0.25, 0.3) is 0 Å². The lowest BCUT2D eigenvalue weighted by atomic mass is 10.2. The van der Waals surface area contributed by atoms with Crippen LogP contribution in [0.15, 0.2) is 16.3 Å². The van der Waals surface area contributed by atoms with Crippen LogP contribution in [0.4, 0.5) is 0 Å². The fourth-order valence-electron chi connectivity index (χ4n) is 0.896. The smallest absolute Gasteiger partial charge is 0.374 e. The van der Waals surface area contributed by atoms with E-state index in [1.165, 1.54) is 11.3 Å². The Morgan fingerprint density at radius 3 is 2.53 bits per heavy atom. The van der Waals surface area contributed by atoms with E-state index in [1.54, 1.807) is 12.1 Å². The molecule has 4 nitrogen and oxygen atoms in total. The minimum Gasteiger partial charge on any atom is -0.463 e. The fourth-order valence-corrected chi connectivity index (χ4v) is 1.95. The van der Waals surface area contributed by atoms with E-state index in [-0.39, 0.29) is 0 Å². The number of thiophene rings is 1. The normalized spacial score (nSPS) is 9.73. The van der Waals surface area contributed by atoms with Crippen molar-refractivity contribution < 1.29 is 19.1 Å². The molecule has 80 valence electrons. The molecule has 1 aromatic rings. The summed E-state index contributed by atoms with van der Waals surface area (Å²) < 4.78 is 4.89. The quantitative estimate of drug-likeness (QED) is 0.285. The first-order valence-electron chi connectivity index (χ1n) is 3.97. The number of hydrogen-bond donors (Lipinski definition) is 1. The van der Waals surface area contributed by atoms with Gasteiger partial charge in [-0.25, -0.2) is 4.79 Å². The summed E-state index contributed by atoms with van der Waals surface area (Å²) in [6, 6.07) is 3.23. The monoisotopic (exact) mass is 244 g/mol. The third-order valence-corrected chi connectivity index (χ3v) is 2.95. The first kappa shape index (κ1) is 11.9. The van der Waals surface area contributed by atoms with Crippen LogP contribution in [0, 0.1) is 0 Å². The molecular weight excluding hydrogens is 236 g/mol. The number of carbonyl (C=O) groups is 3. The second-order valence-corrected chi connectivity index (χ2v) is 4.52. The van der Waals surface area contributed by atoms with Crippen molar-refractivity contribution in [2.45, 2.75) is 10.6 Å². The van der Waals surface area contributed by atoms with Crippen LogP contribution in [0.5, 0.6) is 0 Å². The van der Waals surface area contributed by atoms with E-state index in [1.807, 2.05) is 0 Å². The first-order chi connectivity index (χ1) is 7.04. The Balaban J connectivity index is 2.64. The van der Waals surface area contributed by atoms with Crippen molar-refractivity contribution >= 4 is 41.5 Å². The molecule has 0 saturated carbocycles. The molecule has 6 heteroatoms. The van der Waals surface area contributed by atoms with Gasteiger partial charge in [0.05, 0.1) is 22.6 Å². The zero-order valence-corrected chi connectivity index (χ0v) is 9.56. The lowest BCUT2D eigenvalue weighted by molar-refractivity contribution is -0.151. The largest absolute Gasteiger partial charge is 0.463 e. The SMILES string of the molecule is COC(=O)C(=O)CC(=O)c1ccc(S)s1. The van der Waals surface area contributed by atoms with Gasteiger partial charge in [-0.15, -0.1) is 24.0 Å². The van der Waals surface area contributed by atoms with Gasteiger partial charge < -0.3 is 4.74 Å². The van der Waals surface area contributed by atoms with Crippen LogP contribution in [-0.4, -0.2) is 24.6 Å². The summed E-state index contributed by atoms with van der Waals surface area (Å²) in [5.74, 6) is -2.22. The summed E-state index contributed by atoms with van der Waals surface area (Å²) >= 11 is 5.21. The van der Waals surface area contributed by atoms with Gasteiger partial charge in [-0.3, -0.25) is 9.59 Å². The molecule has 1 aromatic heterocycles. The highest BCUT2D eigenvalue weighted by Crippen LogP contribution is 2.21. The van der Waals surface area contributed by atoms with E-state index in [9.17, 15) is 14.4 Å². The number of rotatable bonds is 4. The summed E-state index contributed by atoms with van der Waals surface area (Å²) in [6.45, 7) is 0. The Bertz CT molecular complexity index is 408. The number of Topliss-reactive ketones (excluding diaryl/α,β-unsaturated/α-hetero) is 2. The van der Waals surface area contributed by atoms with Crippen molar-refractivity contribution in [2.75, 3.05) is 7.11 Å². The number of ether oxygens (including phenoxy) is 1. The van der Waals surface area contributed by atoms with Crippen molar-refractivity contribution in [1.29, 1.82) is 0 Å². The van der Waals surface area contributed by atoms with Crippen LogP contribution in [-0.2, 0) is 14.3 Å². The van der Waals surface area contributed by atoms with Crippen LogP contribution in [0.3, 0.4) is 0 Å². The molecule has 1 rings (SSSR count). The average molecular weight is 244 g/mol. The zero-order valence-electron chi connectivity index (χ0n) is 7.85. The van der Waals surface area contributed by atoms with E-state index in [0.29, 0.717) is 9.09 Å². The average Bonchev–Trinajstić information content (AvgIpc) is 2.63. The van der Waals surface area contributed by atoms with Crippen LogP contribution in [0.2, 0.25) is 0 Å². The topological polar surface area (TPSA) is 60.4 Å². The van der Waals surface area contributed by atoms with Gasteiger partial charge in [0.1, 0.15) is 0 Å². The Labute approximate surface area is 95.6 Å². The minimum absolute atomic E-state index is 0.393. The molecule has 0 atom stereocenters. The summed E-state index contributed by atoms with van der Waals surface area (Å²) in [4.78, 5) is 33.7. The van der Waals surface area contributed by atoms with Gasteiger partial charge in [0, 0.05) is 0 Å². The van der Waals surface area contributed by atoms with Gasteiger partial charge in [-0.2, -0.15) is 0 Å². The zero-order chi connectivity index (χ0) is 11.4. The number of esters is 1. The second-order valence-electron chi connectivity index (χ2n) is 2.65. The number of carbonyl (C=O) groups excluding carboxylic acids is 3. The first-order valence-corrected chi connectivity index (χ1v) is 5.24. The predicted molar refractivity (Wildman–Crippen MR) is 57.5 cm³/mol. The van der Waals surface area contributed by atoms with E-state index >= 15 is 0 Å². The van der Waals surface area contributed by atoms with E-state index in [0.717, 1.165) is 7.11 Å². The van der Waals surface area contributed by atoms with Crippen LogP contribution in [0.1, 0.15) is 16.1 Å². The maximum absolute atomic E-state index is 11.4. The molecule has 0 bridgehead atoms. The molecule has 0 amide bonds. The molecule has 0 radical (unpaired) electrons. The van der Waals surface area contributed by atoms with Crippen molar-refractivity contribution in [3.63, 3.8) is 0 Å². The molecule has 0 saturated heterocycles. The highest BCUT2D eigenvalue weighted by molar-refractivity contribution is 7.82. The van der Waals surface area contributed by atoms with Gasteiger partial charge >= 0.3 is 5.97 Å². The number of methoxy groups -OCH3 is 1. The number of ketones is 2. The third kappa shape index (κ3) is 3.17. The highest BCUT2D eigenvalue weighted by Gasteiger charge is 2.20. The summed E-state index contributed by atoms with van der Waals surface area (Å²) in [5.41, 5.74) is 0. The summed E-state index contributed by atoms with van der Waals surface area (Å²) in [6.07, 6.45) is -0.458. The minimum atomic E-state index is -0.994. The molecule has 0 fully saturated rings. The van der Waals surface area contributed by atoms with Gasteiger partial charge in [-0.05, 0) is 12.1 Å². The van der Waals surface area contributed by atoms with Gasteiger partial charge in [-0.1, -0.05) is 0 Å². The molecular formula is C9H8O4S2. The predicted octanol–water partition coefficient (Wildman–Crippen LogP) is 1.35. The Hall–Kier alpha value is -1.14. The van der Waals surface area contributed by atoms with Crippen molar-refractivity contribution in [1.82, 2.24) is 0 Å². The van der Waals surface area contributed by atoms with Crippen LogP contribution in [0.25, 0.3) is 0 Å². The van der Waals surface area contributed by atoms with Crippen molar-refractivity contribution in [3.05, 3.63) is 17.0 Å². The van der Waals surface area contributed by atoms with Crippen molar-refractivity contribution in [3.8, 4) is 0 Å². The third-order valence-electron chi connectivity index (χ3n) is 1.60. The lowest BCUT2D eigenvalue weighted by Crippen LogP contribution is -2.18. The fraction of sp³-hybridized carbons (Fsp3) is 0.222. The van der Waals surface area contributed by atoms with Gasteiger partial charge in [0.15, 0.2) is 5.78 Å². The Kier molecular flexibility index (Phi) is 4.05. The van der Waals surface area contributed by atoms with E-state index in [2.05, 4.69) is 17.4 Å². The number of hydrogen-bond acceptors (Lipinski definition) is 6. The van der Waals surface area contributed by atoms with Crippen LogP contribution < -0.4 is 0 Å². The highest BCUT2D eigenvalue weighted by atomic mass is 32.2. The lowest BCUT2D eigenvalue weighted by Gasteiger charge is -1.96. The van der Waals surface area contributed by atoms with E-state index in [4.69, 9.17) is 0 Å². The summed E-state index contributed by atoms with van der Waals surface area (Å²) in [5, 5.41) is 0. The van der Waals surface area contributed by atoms with Gasteiger partial charge in [0.2, 0.25) is 5.78 Å². The van der Waals surface area contributed by atoms with Crippen molar-refractivity contribution in [2.24, 2.45) is 0 Å². The Morgan fingerprint density at radius 2 is 2.07 bits per heavy atom. The van der Waals surface area contributed by atoms with Crippen LogP contribution >= 0.6 is 24.0 Å². The molecule has 0 spiro atoms. The molecule has 15 heavy (non-hydrogen) atoms. The summed E-state index contributed by atoms with van der Waals surface area (Å²) in [7, 11) is 1.10. The number of thiol groups is 1. The molecule has 0 aromatic carbocycles. The van der Waals surface area contributed by atoms with E-state index < -0.39 is 24.0 Å². The molecule has 0 aliphatic heterocycles. The second kappa shape index (κ2) is 5.09. The molecule has 0 aliphatic carbocycles. The molecule has 0 N–H and O–H groups in total. The molecule has 0 unspecified atom stereocenters. The molecule has 0 aliphatic rings. The molecule has 1 heterocycles. The maximum Gasteiger partial charge on any atom is 0.374 e. The Morgan fingerprint density at radius 1 is 1.40 bits per heavy atom. The standard InChI is InChI=1S/C9H8O4S2/c1-13-9(12)6(11)4-5(10)7-2-3-8(14)15-7/h2-3,14H,4H2,1H3. The maximum atomic E-state index is 11.4.